The van der Waals surface area contributed by atoms with E-state index >= 15 is 0 Å². The van der Waals surface area contributed by atoms with Crippen molar-refractivity contribution in [1.82, 2.24) is 0 Å². The molecule has 3 heteroatoms. The Morgan fingerprint density at radius 1 is 1.05 bits per heavy atom. The zero-order chi connectivity index (χ0) is 15.0. The van der Waals surface area contributed by atoms with Crippen LogP contribution in [0.2, 0.25) is 0 Å². The van der Waals surface area contributed by atoms with E-state index in [0.717, 1.165) is 5.69 Å². The van der Waals surface area contributed by atoms with Crippen LogP contribution in [0.15, 0.2) is 72.8 Å². The second-order valence-electron chi connectivity index (χ2n) is 5.30. The number of hydrogen-bond acceptors (Lipinski definition) is 2. The first-order valence-electron chi connectivity index (χ1n) is 6.92. The van der Waals surface area contributed by atoms with E-state index in [1.807, 2.05) is 67.6 Å². The van der Waals surface area contributed by atoms with Gasteiger partial charge >= 0.3 is 0 Å². The minimum atomic E-state index is -1.37. The average Bonchev–Trinajstić information content (AvgIpc) is 2.71. The summed E-state index contributed by atoms with van der Waals surface area (Å²) in [6, 6.07) is 18.2. The number of hydrogen-bond donors (Lipinski definition) is 1. The number of benzene rings is 2. The first-order valence-corrected chi connectivity index (χ1v) is 6.92. The Morgan fingerprint density at radius 2 is 1.57 bits per heavy atom. The number of carbonyl (C=O) groups is 1. The van der Waals surface area contributed by atoms with Crippen molar-refractivity contribution in [2.24, 2.45) is 0 Å². The van der Waals surface area contributed by atoms with Crippen molar-refractivity contribution in [3.8, 4) is 0 Å². The van der Waals surface area contributed by atoms with Crippen LogP contribution in [0.5, 0.6) is 0 Å². The van der Waals surface area contributed by atoms with Gasteiger partial charge in [0.05, 0.1) is 6.04 Å². The molecule has 1 heterocycles. The van der Waals surface area contributed by atoms with Crippen molar-refractivity contribution in [3.05, 3.63) is 78.4 Å². The van der Waals surface area contributed by atoms with Crippen LogP contribution in [0.25, 0.3) is 0 Å². The molecule has 0 aromatic heterocycles. The SMILES string of the molecule is C=C1C(=O)N(c2ccccc2)[C@H](C)[C@@]1(O)c1ccccc1. The topological polar surface area (TPSA) is 40.5 Å². The van der Waals surface area contributed by atoms with Crippen molar-refractivity contribution < 1.29 is 9.90 Å². The van der Waals surface area contributed by atoms with Crippen molar-refractivity contribution in [3.63, 3.8) is 0 Å². The third kappa shape index (κ3) is 1.89. The number of para-hydroxylation sites is 1. The van der Waals surface area contributed by atoms with Crippen LogP contribution >= 0.6 is 0 Å². The van der Waals surface area contributed by atoms with Crippen molar-refractivity contribution in [1.29, 1.82) is 0 Å². The maximum atomic E-state index is 12.6. The summed E-state index contributed by atoms with van der Waals surface area (Å²) in [5, 5.41) is 11.1. The average molecular weight is 279 g/mol. The zero-order valence-electron chi connectivity index (χ0n) is 11.9. The number of carbonyl (C=O) groups excluding carboxylic acids is 1. The summed E-state index contributed by atoms with van der Waals surface area (Å²) >= 11 is 0. The lowest BCUT2D eigenvalue weighted by atomic mass is 9.84. The summed E-state index contributed by atoms with van der Waals surface area (Å²) in [4.78, 5) is 14.2. The van der Waals surface area contributed by atoms with Gasteiger partial charge in [-0.1, -0.05) is 55.1 Å². The molecule has 0 radical (unpaired) electrons. The highest BCUT2D eigenvalue weighted by Crippen LogP contribution is 2.43. The van der Waals surface area contributed by atoms with Crippen molar-refractivity contribution >= 4 is 11.6 Å². The van der Waals surface area contributed by atoms with Gasteiger partial charge in [-0.15, -0.1) is 0 Å². The quantitative estimate of drug-likeness (QED) is 0.859. The maximum Gasteiger partial charge on any atom is 0.257 e. The molecule has 2 aromatic rings. The fourth-order valence-corrected chi connectivity index (χ4v) is 2.96. The molecule has 1 aliphatic heterocycles. The van der Waals surface area contributed by atoms with E-state index < -0.39 is 11.6 Å². The summed E-state index contributed by atoms with van der Waals surface area (Å²) in [6.07, 6.45) is 0. The Kier molecular flexibility index (Phi) is 3.15. The molecule has 106 valence electrons. The Balaban J connectivity index is 2.10. The van der Waals surface area contributed by atoms with Gasteiger partial charge in [-0.25, -0.2) is 0 Å². The van der Waals surface area contributed by atoms with E-state index in [9.17, 15) is 9.90 Å². The van der Waals surface area contributed by atoms with Gasteiger partial charge in [0.15, 0.2) is 0 Å². The molecule has 2 atom stereocenters. The predicted molar refractivity (Wildman–Crippen MR) is 82.9 cm³/mol. The molecule has 0 aliphatic carbocycles. The summed E-state index contributed by atoms with van der Waals surface area (Å²) in [5.41, 5.74) is 0.302. The van der Waals surface area contributed by atoms with Crippen LogP contribution in [-0.2, 0) is 10.4 Å². The number of rotatable bonds is 2. The molecular weight excluding hydrogens is 262 g/mol. The predicted octanol–water partition coefficient (Wildman–Crippen LogP) is 2.87. The van der Waals surface area contributed by atoms with Crippen LogP contribution in [-0.4, -0.2) is 17.1 Å². The van der Waals surface area contributed by atoms with Gasteiger partial charge in [-0.05, 0) is 24.6 Å². The van der Waals surface area contributed by atoms with E-state index in [1.165, 1.54) is 0 Å². The standard InChI is InChI=1S/C18H17NO2/c1-13-17(20)19(16-11-7-4-8-12-16)14(2)18(13,21)15-9-5-3-6-10-15/h3-12,14,21H,1H2,2H3/t14-,18-/m1/s1. The highest BCUT2D eigenvalue weighted by atomic mass is 16.3. The number of amides is 1. The van der Waals surface area contributed by atoms with E-state index in [4.69, 9.17) is 0 Å². The lowest BCUT2D eigenvalue weighted by molar-refractivity contribution is -0.114. The van der Waals surface area contributed by atoms with Crippen LogP contribution in [0.4, 0.5) is 5.69 Å². The smallest absolute Gasteiger partial charge is 0.257 e. The van der Waals surface area contributed by atoms with Crippen LogP contribution < -0.4 is 4.90 Å². The van der Waals surface area contributed by atoms with Gasteiger partial charge in [-0.3, -0.25) is 4.79 Å². The largest absolute Gasteiger partial charge is 0.378 e. The van der Waals surface area contributed by atoms with Crippen LogP contribution in [0.3, 0.4) is 0 Å². The Labute approximate surface area is 124 Å². The van der Waals surface area contributed by atoms with Crippen molar-refractivity contribution in [2.45, 2.75) is 18.6 Å². The first-order chi connectivity index (χ1) is 10.1. The molecule has 2 aromatic carbocycles. The summed E-state index contributed by atoms with van der Waals surface area (Å²) in [7, 11) is 0. The van der Waals surface area contributed by atoms with E-state index in [1.54, 1.807) is 4.90 Å². The molecule has 1 N–H and O–H groups in total. The van der Waals surface area contributed by atoms with Crippen LogP contribution in [0.1, 0.15) is 12.5 Å². The van der Waals surface area contributed by atoms with Gasteiger partial charge in [0.25, 0.3) is 5.91 Å². The van der Waals surface area contributed by atoms with E-state index in [2.05, 4.69) is 6.58 Å². The minimum absolute atomic E-state index is 0.213. The molecular formula is C18H17NO2. The lowest BCUT2D eigenvalue weighted by Crippen LogP contribution is -2.41. The molecule has 1 amide bonds. The Bertz CT molecular complexity index is 681. The van der Waals surface area contributed by atoms with Crippen molar-refractivity contribution in [2.75, 3.05) is 4.90 Å². The summed E-state index contributed by atoms with van der Waals surface area (Å²) in [5.74, 6) is -0.236. The monoisotopic (exact) mass is 279 g/mol. The molecule has 1 saturated heterocycles. The van der Waals surface area contributed by atoms with Gasteiger partial charge in [0.2, 0.25) is 0 Å². The second-order valence-corrected chi connectivity index (χ2v) is 5.30. The number of anilines is 1. The highest BCUT2D eigenvalue weighted by molar-refractivity contribution is 6.10. The molecule has 0 spiro atoms. The first kappa shape index (κ1) is 13.6. The molecule has 21 heavy (non-hydrogen) atoms. The molecule has 1 fully saturated rings. The molecule has 0 saturated carbocycles. The summed E-state index contributed by atoms with van der Waals surface area (Å²) in [6.45, 7) is 5.69. The molecule has 3 nitrogen and oxygen atoms in total. The van der Waals surface area contributed by atoms with Gasteiger partial charge in [-0.2, -0.15) is 0 Å². The third-order valence-corrected chi connectivity index (χ3v) is 4.18. The van der Waals surface area contributed by atoms with E-state index in [-0.39, 0.29) is 11.5 Å². The van der Waals surface area contributed by atoms with Gasteiger partial charge in [0, 0.05) is 11.3 Å². The zero-order valence-corrected chi connectivity index (χ0v) is 11.9. The molecule has 1 aliphatic rings. The lowest BCUT2D eigenvalue weighted by Gasteiger charge is -2.31. The fraction of sp³-hybridized carbons (Fsp3) is 0.167. The number of aliphatic hydroxyl groups is 1. The fourth-order valence-electron chi connectivity index (χ4n) is 2.96. The molecule has 0 bridgehead atoms. The van der Waals surface area contributed by atoms with Crippen LogP contribution in [0, 0.1) is 0 Å². The van der Waals surface area contributed by atoms with Gasteiger partial charge in [0.1, 0.15) is 5.60 Å². The highest BCUT2D eigenvalue weighted by Gasteiger charge is 2.53. The molecule has 3 rings (SSSR count). The summed E-state index contributed by atoms with van der Waals surface area (Å²) < 4.78 is 0. The second kappa shape index (κ2) is 4.86. The third-order valence-electron chi connectivity index (χ3n) is 4.18. The number of nitrogens with zero attached hydrogens (tertiary/aromatic N) is 1. The Hall–Kier alpha value is -2.39. The minimum Gasteiger partial charge on any atom is -0.378 e. The molecule has 0 unspecified atom stereocenters. The normalized spacial score (nSPS) is 25.4. The Morgan fingerprint density at radius 3 is 2.14 bits per heavy atom. The maximum absolute atomic E-state index is 12.6. The van der Waals surface area contributed by atoms with E-state index in [0.29, 0.717) is 5.56 Å². The van der Waals surface area contributed by atoms with Gasteiger partial charge < -0.3 is 10.0 Å².